The minimum Gasteiger partial charge on any atom is -0.439 e. The van der Waals surface area contributed by atoms with Crippen LogP contribution >= 0.6 is 27.5 Å². The molecular weight excluding hydrogens is 352 g/mol. The Labute approximate surface area is 136 Å². The van der Waals surface area contributed by atoms with E-state index >= 15 is 0 Å². The first kappa shape index (κ1) is 14.4. The molecule has 108 valence electrons. The van der Waals surface area contributed by atoms with E-state index in [1.807, 2.05) is 38.2 Å². The first-order valence-corrected chi connectivity index (χ1v) is 7.87. The number of ether oxygens (including phenoxy) is 1. The number of aromatic nitrogens is 2. The summed E-state index contributed by atoms with van der Waals surface area (Å²) in [7, 11) is 1.86. The maximum Gasteiger partial charge on any atom is 0.222 e. The van der Waals surface area contributed by atoms with Crippen molar-refractivity contribution in [2.45, 2.75) is 12.8 Å². The van der Waals surface area contributed by atoms with Gasteiger partial charge in [0.05, 0.1) is 17.1 Å². The van der Waals surface area contributed by atoms with E-state index in [0.29, 0.717) is 11.8 Å². The zero-order chi connectivity index (χ0) is 15.0. The molecule has 2 aromatic carbocycles. The van der Waals surface area contributed by atoms with Gasteiger partial charge < -0.3 is 4.74 Å². The Morgan fingerprint density at radius 3 is 2.67 bits per heavy atom. The van der Waals surface area contributed by atoms with Gasteiger partial charge in [-0.15, -0.1) is 11.6 Å². The summed E-state index contributed by atoms with van der Waals surface area (Å²) >= 11 is 9.47. The number of hydrogen-bond acceptors (Lipinski definition) is 2. The molecule has 21 heavy (non-hydrogen) atoms. The fraction of sp³-hybridized carbons (Fsp3) is 0.188. The number of alkyl halides is 1. The highest BCUT2D eigenvalue weighted by molar-refractivity contribution is 9.10. The first-order valence-electron chi connectivity index (χ1n) is 6.54. The van der Waals surface area contributed by atoms with Crippen molar-refractivity contribution in [2.75, 3.05) is 0 Å². The fourth-order valence-corrected chi connectivity index (χ4v) is 3.02. The van der Waals surface area contributed by atoms with Gasteiger partial charge in [-0.2, -0.15) is 5.10 Å². The third-order valence-electron chi connectivity index (χ3n) is 3.41. The topological polar surface area (TPSA) is 27.1 Å². The van der Waals surface area contributed by atoms with Gasteiger partial charge in [0.2, 0.25) is 5.88 Å². The molecule has 0 radical (unpaired) electrons. The van der Waals surface area contributed by atoms with Crippen LogP contribution in [-0.4, -0.2) is 9.78 Å². The molecule has 0 aliphatic rings. The van der Waals surface area contributed by atoms with Crippen LogP contribution in [0.4, 0.5) is 0 Å². The van der Waals surface area contributed by atoms with Crippen molar-refractivity contribution in [2.24, 2.45) is 7.05 Å². The van der Waals surface area contributed by atoms with E-state index < -0.39 is 0 Å². The lowest BCUT2D eigenvalue weighted by molar-refractivity contribution is 0.428. The normalized spacial score (nSPS) is 11.0. The van der Waals surface area contributed by atoms with Gasteiger partial charge in [0, 0.05) is 11.5 Å². The summed E-state index contributed by atoms with van der Waals surface area (Å²) < 4.78 is 8.78. The van der Waals surface area contributed by atoms with Crippen LogP contribution < -0.4 is 4.74 Å². The number of nitrogens with zero attached hydrogens (tertiary/aromatic N) is 2. The molecule has 0 amide bonds. The van der Waals surface area contributed by atoms with Crippen LogP contribution in [-0.2, 0) is 12.9 Å². The van der Waals surface area contributed by atoms with Crippen LogP contribution in [0, 0.1) is 6.92 Å². The highest BCUT2D eigenvalue weighted by Crippen LogP contribution is 2.31. The Hall–Kier alpha value is -1.52. The summed E-state index contributed by atoms with van der Waals surface area (Å²) in [5, 5.41) is 6.64. The third-order valence-corrected chi connectivity index (χ3v) is 4.17. The van der Waals surface area contributed by atoms with E-state index in [1.54, 1.807) is 4.68 Å². The number of aryl methyl sites for hydroxylation is 2. The average molecular weight is 366 g/mol. The minimum atomic E-state index is 0.384. The van der Waals surface area contributed by atoms with E-state index in [0.717, 1.165) is 32.3 Å². The van der Waals surface area contributed by atoms with Crippen LogP contribution in [0.25, 0.3) is 10.8 Å². The molecular formula is C16H14BrClN2O. The lowest BCUT2D eigenvalue weighted by Gasteiger charge is -2.09. The van der Waals surface area contributed by atoms with Gasteiger partial charge in [-0.3, -0.25) is 0 Å². The van der Waals surface area contributed by atoms with Crippen LogP contribution in [0.15, 0.2) is 40.9 Å². The van der Waals surface area contributed by atoms with Gasteiger partial charge in [0.1, 0.15) is 5.75 Å². The Kier molecular flexibility index (Phi) is 3.91. The molecule has 0 fully saturated rings. The van der Waals surface area contributed by atoms with Crippen molar-refractivity contribution in [3.8, 4) is 11.6 Å². The fourth-order valence-electron chi connectivity index (χ4n) is 2.33. The van der Waals surface area contributed by atoms with E-state index in [1.165, 1.54) is 0 Å². The average Bonchev–Trinajstić information content (AvgIpc) is 2.73. The summed E-state index contributed by atoms with van der Waals surface area (Å²) in [5.41, 5.74) is 1.82. The number of fused-ring (bicyclic) bond motifs is 1. The Morgan fingerprint density at radius 1 is 1.19 bits per heavy atom. The maximum absolute atomic E-state index is 5.99. The molecule has 3 nitrogen and oxygen atoms in total. The predicted molar refractivity (Wildman–Crippen MR) is 89.2 cm³/mol. The van der Waals surface area contributed by atoms with E-state index in [4.69, 9.17) is 16.3 Å². The summed E-state index contributed by atoms with van der Waals surface area (Å²) in [6.45, 7) is 1.93. The molecule has 3 aromatic rings. The van der Waals surface area contributed by atoms with E-state index in [2.05, 4.69) is 33.2 Å². The number of hydrogen-bond donors (Lipinski definition) is 0. The molecule has 0 aliphatic carbocycles. The summed E-state index contributed by atoms with van der Waals surface area (Å²) in [4.78, 5) is 0. The monoisotopic (exact) mass is 364 g/mol. The Morgan fingerprint density at radius 2 is 1.90 bits per heavy atom. The molecule has 0 saturated carbocycles. The van der Waals surface area contributed by atoms with Gasteiger partial charge in [-0.05, 0) is 42.0 Å². The summed E-state index contributed by atoms with van der Waals surface area (Å²) in [6, 6.07) is 12.2. The lowest BCUT2D eigenvalue weighted by atomic mass is 10.1. The van der Waals surface area contributed by atoms with Gasteiger partial charge in [0.25, 0.3) is 0 Å². The van der Waals surface area contributed by atoms with Crippen molar-refractivity contribution in [1.29, 1.82) is 0 Å². The van der Waals surface area contributed by atoms with Crippen molar-refractivity contribution in [1.82, 2.24) is 9.78 Å². The van der Waals surface area contributed by atoms with Crippen LogP contribution in [0.2, 0.25) is 0 Å². The SMILES string of the molecule is Cc1nn(C)c(Oc2ccc3cc(Br)ccc3c2)c1CCl. The van der Waals surface area contributed by atoms with Crippen LogP contribution in [0.5, 0.6) is 11.6 Å². The lowest BCUT2D eigenvalue weighted by Crippen LogP contribution is -1.96. The number of halogens is 2. The Balaban J connectivity index is 2.00. The molecule has 1 heterocycles. The van der Waals surface area contributed by atoms with Crippen LogP contribution in [0.1, 0.15) is 11.3 Å². The molecule has 3 rings (SSSR count). The van der Waals surface area contributed by atoms with Crippen LogP contribution in [0.3, 0.4) is 0 Å². The number of rotatable bonds is 3. The van der Waals surface area contributed by atoms with Gasteiger partial charge >= 0.3 is 0 Å². The molecule has 0 unspecified atom stereocenters. The second-order valence-electron chi connectivity index (χ2n) is 4.88. The van der Waals surface area contributed by atoms with Crippen molar-refractivity contribution < 1.29 is 4.74 Å². The third kappa shape index (κ3) is 2.78. The highest BCUT2D eigenvalue weighted by atomic mass is 79.9. The number of benzene rings is 2. The molecule has 0 aliphatic heterocycles. The summed E-state index contributed by atoms with van der Waals surface area (Å²) in [5.74, 6) is 1.85. The van der Waals surface area contributed by atoms with Gasteiger partial charge in [0.15, 0.2) is 0 Å². The molecule has 0 bridgehead atoms. The minimum absolute atomic E-state index is 0.384. The molecule has 1 aromatic heterocycles. The molecule has 0 atom stereocenters. The molecule has 0 spiro atoms. The second kappa shape index (κ2) is 5.70. The zero-order valence-corrected chi connectivity index (χ0v) is 14.1. The largest absolute Gasteiger partial charge is 0.439 e. The predicted octanol–water partition coefficient (Wildman–Crippen LogP) is 5.18. The van der Waals surface area contributed by atoms with Crippen molar-refractivity contribution in [3.05, 3.63) is 52.1 Å². The van der Waals surface area contributed by atoms with Crippen molar-refractivity contribution in [3.63, 3.8) is 0 Å². The van der Waals surface area contributed by atoms with Gasteiger partial charge in [-0.1, -0.05) is 28.1 Å². The van der Waals surface area contributed by atoms with Gasteiger partial charge in [-0.25, -0.2) is 4.68 Å². The standard InChI is InChI=1S/C16H14BrClN2O/c1-10-15(9-18)16(20(2)19-10)21-14-6-4-11-7-13(17)5-3-12(11)8-14/h3-8H,9H2,1-2H3. The smallest absolute Gasteiger partial charge is 0.222 e. The first-order chi connectivity index (χ1) is 10.1. The van der Waals surface area contributed by atoms with Crippen molar-refractivity contribution >= 4 is 38.3 Å². The zero-order valence-electron chi connectivity index (χ0n) is 11.7. The second-order valence-corrected chi connectivity index (χ2v) is 6.06. The van der Waals surface area contributed by atoms with E-state index in [9.17, 15) is 0 Å². The highest BCUT2D eigenvalue weighted by Gasteiger charge is 2.14. The quantitative estimate of drug-likeness (QED) is 0.598. The van der Waals surface area contributed by atoms with E-state index in [-0.39, 0.29) is 0 Å². The maximum atomic E-state index is 5.99. The Bertz CT molecular complexity index is 813. The molecule has 0 N–H and O–H groups in total. The molecule has 5 heteroatoms. The molecule has 0 saturated heterocycles. The summed E-state index contributed by atoms with van der Waals surface area (Å²) in [6.07, 6.45) is 0.